The summed E-state index contributed by atoms with van der Waals surface area (Å²) in [6, 6.07) is 18.0. The van der Waals surface area contributed by atoms with Crippen LogP contribution >= 0.6 is 0 Å². The molecule has 0 aliphatic carbocycles. The van der Waals surface area contributed by atoms with Gasteiger partial charge in [-0.05, 0) is 43.5 Å². The summed E-state index contributed by atoms with van der Waals surface area (Å²) >= 11 is 0. The van der Waals surface area contributed by atoms with Crippen LogP contribution in [0, 0.1) is 5.92 Å². The third-order valence-electron chi connectivity index (χ3n) is 5.39. The molecule has 0 aromatic heterocycles. The molecule has 0 bridgehead atoms. The van der Waals surface area contributed by atoms with E-state index >= 15 is 0 Å². The first-order valence-electron chi connectivity index (χ1n) is 10.2. The highest BCUT2D eigenvalue weighted by atomic mass is 16.7. The van der Waals surface area contributed by atoms with Gasteiger partial charge in [0.15, 0.2) is 5.79 Å². The zero-order valence-electron chi connectivity index (χ0n) is 17.7. The monoisotopic (exact) mass is 400 g/mol. The number of aliphatic hydroxyl groups excluding tert-OH is 1. The van der Waals surface area contributed by atoms with Gasteiger partial charge in [0.25, 0.3) is 0 Å². The molecule has 1 saturated heterocycles. The van der Waals surface area contributed by atoms with Gasteiger partial charge in [-0.15, -0.1) is 0 Å². The van der Waals surface area contributed by atoms with Gasteiger partial charge in [0, 0.05) is 12.5 Å². The van der Waals surface area contributed by atoms with E-state index in [1.807, 2.05) is 56.3 Å². The number of hydrogen-bond acceptors (Lipinski definition) is 5. The van der Waals surface area contributed by atoms with Crippen LogP contribution in [0.3, 0.4) is 0 Å². The van der Waals surface area contributed by atoms with Crippen molar-refractivity contribution in [3.05, 3.63) is 65.7 Å². The molecule has 4 atom stereocenters. The predicted molar refractivity (Wildman–Crippen MR) is 112 cm³/mol. The van der Waals surface area contributed by atoms with Gasteiger partial charge >= 0.3 is 0 Å². The molecule has 5 nitrogen and oxygen atoms in total. The molecule has 29 heavy (non-hydrogen) atoms. The zero-order valence-corrected chi connectivity index (χ0v) is 17.7. The molecule has 5 heteroatoms. The number of hydrogen-bond donors (Lipinski definition) is 1. The molecule has 1 heterocycles. The Morgan fingerprint density at radius 3 is 2.34 bits per heavy atom. The Hall–Kier alpha value is -1.92. The Bertz CT molecular complexity index is 744. The van der Waals surface area contributed by atoms with Crippen LogP contribution in [-0.4, -0.2) is 36.8 Å². The minimum absolute atomic E-state index is 0.0660. The van der Waals surface area contributed by atoms with Gasteiger partial charge in [0.2, 0.25) is 0 Å². The number of aliphatic hydroxyl groups is 1. The third kappa shape index (κ3) is 5.58. The van der Waals surface area contributed by atoms with E-state index < -0.39 is 5.79 Å². The topological polar surface area (TPSA) is 57.2 Å². The zero-order chi connectivity index (χ0) is 20.9. The molecule has 1 N–H and O–H groups in total. The summed E-state index contributed by atoms with van der Waals surface area (Å²) in [4.78, 5) is 0. The quantitative estimate of drug-likeness (QED) is 0.707. The van der Waals surface area contributed by atoms with Crippen LogP contribution in [0.1, 0.15) is 44.4 Å². The lowest BCUT2D eigenvalue weighted by Gasteiger charge is -2.47. The Morgan fingerprint density at radius 2 is 1.72 bits per heavy atom. The molecule has 1 fully saturated rings. The third-order valence-corrected chi connectivity index (χ3v) is 5.39. The molecule has 0 spiro atoms. The van der Waals surface area contributed by atoms with E-state index in [0.29, 0.717) is 13.0 Å². The van der Waals surface area contributed by atoms with Crippen molar-refractivity contribution in [3.8, 4) is 5.75 Å². The van der Waals surface area contributed by atoms with Crippen LogP contribution in [-0.2, 0) is 20.8 Å². The molecule has 2 aromatic rings. The lowest BCUT2D eigenvalue weighted by Crippen LogP contribution is -2.52. The first-order chi connectivity index (χ1) is 13.9. The Labute approximate surface area is 173 Å². The molecule has 0 saturated carbocycles. The summed E-state index contributed by atoms with van der Waals surface area (Å²) in [5, 5.41) is 9.48. The highest BCUT2D eigenvalue weighted by Gasteiger charge is 2.44. The summed E-state index contributed by atoms with van der Waals surface area (Å²) in [5.74, 6) is 0.146. The minimum atomic E-state index is -0.743. The Balaban J connectivity index is 1.84. The second kappa shape index (κ2) is 9.72. The van der Waals surface area contributed by atoms with E-state index in [1.54, 1.807) is 7.11 Å². The molecule has 2 aromatic carbocycles. The van der Waals surface area contributed by atoms with Gasteiger partial charge in [-0.1, -0.05) is 49.4 Å². The lowest BCUT2D eigenvalue weighted by molar-refractivity contribution is -0.337. The summed E-state index contributed by atoms with van der Waals surface area (Å²) in [5.41, 5.74) is 2.14. The minimum Gasteiger partial charge on any atom is -0.497 e. The molecule has 158 valence electrons. The van der Waals surface area contributed by atoms with Crippen LogP contribution in [0.15, 0.2) is 54.6 Å². The second-order valence-corrected chi connectivity index (χ2v) is 8.00. The van der Waals surface area contributed by atoms with E-state index in [2.05, 4.69) is 19.1 Å². The fourth-order valence-corrected chi connectivity index (χ4v) is 3.86. The largest absolute Gasteiger partial charge is 0.497 e. The highest BCUT2D eigenvalue weighted by molar-refractivity contribution is 5.27. The SMILES string of the molecule is COc1ccc(CO[C@@H](c2ccccc2)[C@@H]2OC(C)(C)O[C@@H](CCO)[C@H]2C)cc1. The van der Waals surface area contributed by atoms with Crippen molar-refractivity contribution in [2.75, 3.05) is 13.7 Å². The fraction of sp³-hybridized carbons (Fsp3) is 0.500. The van der Waals surface area contributed by atoms with Crippen molar-refractivity contribution >= 4 is 0 Å². The van der Waals surface area contributed by atoms with Crippen molar-refractivity contribution in [1.82, 2.24) is 0 Å². The van der Waals surface area contributed by atoms with Crippen LogP contribution in [0.25, 0.3) is 0 Å². The summed E-state index contributed by atoms with van der Waals surface area (Å²) < 4.78 is 24.1. The van der Waals surface area contributed by atoms with Gasteiger partial charge in [-0.3, -0.25) is 0 Å². The van der Waals surface area contributed by atoms with Crippen molar-refractivity contribution in [3.63, 3.8) is 0 Å². The van der Waals surface area contributed by atoms with Crippen molar-refractivity contribution in [2.24, 2.45) is 5.92 Å². The van der Waals surface area contributed by atoms with Crippen LogP contribution < -0.4 is 4.74 Å². The van der Waals surface area contributed by atoms with Crippen LogP contribution in [0.2, 0.25) is 0 Å². The molecular formula is C24H32O5. The molecular weight excluding hydrogens is 368 g/mol. The fourth-order valence-electron chi connectivity index (χ4n) is 3.86. The molecule has 3 rings (SSSR count). The molecule has 0 unspecified atom stereocenters. The maximum absolute atomic E-state index is 9.48. The number of ether oxygens (including phenoxy) is 4. The first-order valence-corrected chi connectivity index (χ1v) is 10.2. The number of methoxy groups -OCH3 is 1. The Kier molecular flexibility index (Phi) is 7.30. The number of benzene rings is 2. The predicted octanol–water partition coefficient (Wildman–Crippen LogP) is 4.49. The molecule has 0 amide bonds. The van der Waals surface area contributed by atoms with E-state index in [0.717, 1.165) is 16.9 Å². The second-order valence-electron chi connectivity index (χ2n) is 8.00. The summed E-state index contributed by atoms with van der Waals surface area (Å²) in [6.07, 6.45) is 0.0305. The molecule has 1 aliphatic rings. The van der Waals surface area contributed by atoms with Gasteiger partial charge in [0.05, 0.1) is 25.9 Å². The van der Waals surface area contributed by atoms with Gasteiger partial charge in [0.1, 0.15) is 11.9 Å². The van der Waals surface area contributed by atoms with Crippen molar-refractivity contribution in [2.45, 2.75) is 57.9 Å². The summed E-state index contributed by atoms with van der Waals surface area (Å²) in [7, 11) is 1.66. The average Bonchev–Trinajstić information content (AvgIpc) is 2.72. The number of rotatable bonds is 8. The van der Waals surface area contributed by atoms with Crippen LogP contribution in [0.5, 0.6) is 5.75 Å². The standard InChI is InChI=1S/C24H32O5/c1-17-21(14-15-25)28-24(2,3)29-22(17)23(19-8-6-5-7-9-19)27-16-18-10-12-20(26-4)13-11-18/h5-13,17,21-23,25H,14-16H2,1-4H3/t17-,21+,22-,23+/m1/s1. The maximum atomic E-state index is 9.48. The maximum Gasteiger partial charge on any atom is 0.163 e. The molecule has 1 aliphatic heterocycles. The lowest BCUT2D eigenvalue weighted by atomic mass is 9.87. The Morgan fingerprint density at radius 1 is 1.03 bits per heavy atom. The van der Waals surface area contributed by atoms with E-state index in [-0.39, 0.29) is 30.8 Å². The normalized spacial score (nSPS) is 24.8. The molecule has 0 radical (unpaired) electrons. The van der Waals surface area contributed by atoms with Gasteiger partial charge in [-0.2, -0.15) is 0 Å². The van der Waals surface area contributed by atoms with Crippen molar-refractivity contribution in [1.29, 1.82) is 0 Å². The van der Waals surface area contributed by atoms with E-state index in [1.165, 1.54) is 0 Å². The highest BCUT2D eigenvalue weighted by Crippen LogP contribution is 2.40. The van der Waals surface area contributed by atoms with E-state index in [4.69, 9.17) is 18.9 Å². The summed E-state index contributed by atoms with van der Waals surface area (Å²) in [6.45, 7) is 6.49. The average molecular weight is 401 g/mol. The van der Waals surface area contributed by atoms with Crippen LogP contribution in [0.4, 0.5) is 0 Å². The smallest absolute Gasteiger partial charge is 0.163 e. The van der Waals surface area contributed by atoms with Crippen molar-refractivity contribution < 1.29 is 24.1 Å². The van der Waals surface area contributed by atoms with Gasteiger partial charge in [-0.25, -0.2) is 0 Å². The van der Waals surface area contributed by atoms with E-state index in [9.17, 15) is 5.11 Å². The van der Waals surface area contributed by atoms with Gasteiger partial charge < -0.3 is 24.1 Å². The first kappa shape index (κ1) is 21.8.